The number of hydrogen-bond donors (Lipinski definition) is 3. The van der Waals surface area contributed by atoms with Crippen LogP contribution in [0.25, 0.3) is 0 Å². The molecule has 6 nitrogen and oxygen atoms in total. The molecule has 0 saturated heterocycles. The van der Waals surface area contributed by atoms with Gasteiger partial charge < -0.3 is 31.4 Å². The van der Waals surface area contributed by atoms with Crippen molar-refractivity contribution in [1.29, 1.82) is 0 Å². The van der Waals surface area contributed by atoms with Gasteiger partial charge in [-0.25, -0.2) is 4.39 Å². The summed E-state index contributed by atoms with van der Waals surface area (Å²) in [6, 6.07) is 6.15. The highest BCUT2D eigenvalue weighted by atomic mass is 19.4. The van der Waals surface area contributed by atoms with Gasteiger partial charge in [-0.05, 0) is 24.6 Å². The molecule has 0 amide bonds. The lowest BCUT2D eigenvalue weighted by Gasteiger charge is -2.17. The minimum Gasteiger partial charge on any atom is -0.375 e. The predicted octanol–water partition coefficient (Wildman–Crippen LogP) is 2.91. The lowest BCUT2D eigenvalue weighted by Crippen LogP contribution is -2.38. The lowest BCUT2D eigenvalue weighted by molar-refractivity contribution is -0.215. The molecule has 0 aliphatic heterocycles. The highest BCUT2D eigenvalue weighted by Crippen LogP contribution is 2.22. The van der Waals surface area contributed by atoms with Crippen LogP contribution in [0.15, 0.2) is 24.3 Å². The van der Waals surface area contributed by atoms with Gasteiger partial charge in [0, 0.05) is 40.5 Å². The fourth-order valence-corrected chi connectivity index (χ4v) is 1.91. The summed E-state index contributed by atoms with van der Waals surface area (Å²) in [4.78, 5) is 0. The Hall–Kier alpha value is -1.51. The number of ether oxygens (including phenoxy) is 3. The second-order valence-electron chi connectivity index (χ2n) is 5.73. The van der Waals surface area contributed by atoms with E-state index in [9.17, 15) is 30.7 Å². The fourth-order valence-electron chi connectivity index (χ4n) is 1.91. The Morgan fingerprint density at radius 2 is 1.23 bits per heavy atom. The number of halogens is 7. The van der Waals surface area contributed by atoms with Crippen LogP contribution in [0.1, 0.15) is 18.6 Å². The van der Waals surface area contributed by atoms with Crippen molar-refractivity contribution in [3.05, 3.63) is 35.6 Å². The first-order valence-electron chi connectivity index (χ1n) is 8.98. The number of hydrogen-bond acceptors (Lipinski definition) is 6. The van der Waals surface area contributed by atoms with Crippen LogP contribution in [0.4, 0.5) is 30.7 Å². The van der Waals surface area contributed by atoms with Crippen molar-refractivity contribution in [1.82, 2.24) is 0 Å². The lowest BCUT2D eigenvalue weighted by atomic mass is 10.1. The van der Waals surface area contributed by atoms with E-state index >= 15 is 0 Å². The van der Waals surface area contributed by atoms with Gasteiger partial charge in [-0.2, -0.15) is 26.3 Å². The van der Waals surface area contributed by atoms with E-state index in [0.717, 1.165) is 12.7 Å². The quantitative estimate of drug-likeness (QED) is 0.506. The molecular formula is C18H30F7N3O3. The average molecular weight is 469 g/mol. The summed E-state index contributed by atoms with van der Waals surface area (Å²) in [5.74, 6) is -0.245. The van der Waals surface area contributed by atoms with Gasteiger partial charge >= 0.3 is 12.4 Å². The van der Waals surface area contributed by atoms with E-state index in [2.05, 4.69) is 9.47 Å². The highest BCUT2D eigenvalue weighted by Gasteiger charge is 2.39. The summed E-state index contributed by atoms with van der Waals surface area (Å²) in [6.07, 6.45) is -12.4. The molecule has 3 atom stereocenters. The van der Waals surface area contributed by atoms with Crippen LogP contribution in [0, 0.1) is 5.82 Å². The molecule has 0 fully saturated rings. The van der Waals surface area contributed by atoms with Gasteiger partial charge in [0.25, 0.3) is 0 Å². The van der Waals surface area contributed by atoms with E-state index in [1.54, 1.807) is 19.2 Å². The molecular weight excluding hydrogens is 439 g/mol. The molecule has 1 rings (SSSR count). The third kappa shape index (κ3) is 14.2. The fraction of sp³-hybridized carbons (Fsp3) is 0.667. The first-order chi connectivity index (χ1) is 14.3. The molecule has 1 aromatic carbocycles. The molecule has 0 aliphatic carbocycles. The van der Waals surface area contributed by atoms with Gasteiger partial charge in [0.05, 0.1) is 6.10 Å². The van der Waals surface area contributed by atoms with Gasteiger partial charge in [-0.15, -0.1) is 0 Å². The monoisotopic (exact) mass is 469 g/mol. The first-order valence-corrected chi connectivity index (χ1v) is 8.98. The Morgan fingerprint density at radius 1 is 0.774 bits per heavy atom. The zero-order chi connectivity index (χ0) is 24.7. The maximum Gasteiger partial charge on any atom is 0.415 e. The van der Waals surface area contributed by atoms with Crippen LogP contribution in [0.2, 0.25) is 0 Å². The van der Waals surface area contributed by atoms with Gasteiger partial charge in [-0.3, -0.25) is 0 Å². The van der Waals surface area contributed by atoms with Crippen molar-refractivity contribution in [2.75, 3.05) is 40.5 Å². The molecule has 0 bridgehead atoms. The summed E-state index contributed by atoms with van der Waals surface area (Å²) in [6.45, 7) is 0.884. The van der Waals surface area contributed by atoms with Gasteiger partial charge in [0.15, 0.2) is 12.2 Å². The molecule has 13 heteroatoms. The third-order valence-electron chi connectivity index (χ3n) is 3.55. The minimum atomic E-state index is -4.33. The molecule has 184 valence electrons. The first kappa shape index (κ1) is 31.7. The molecule has 6 N–H and O–H groups in total. The number of methoxy groups -OCH3 is 2. The SMILES string of the molecule is CCOC(CN)C(F)(F)F.COC(CN)C(F)(F)F.CO[C@@H](CN)c1ccc(F)cc1. The minimum absolute atomic E-state index is 0.0291. The zero-order valence-corrected chi connectivity index (χ0v) is 17.5. The average Bonchev–Trinajstić information content (AvgIpc) is 2.68. The van der Waals surface area contributed by atoms with Gasteiger partial charge in [0.1, 0.15) is 5.82 Å². The summed E-state index contributed by atoms with van der Waals surface area (Å²) in [7, 11) is 2.56. The Labute approximate surface area is 176 Å². The topological polar surface area (TPSA) is 106 Å². The van der Waals surface area contributed by atoms with Crippen LogP contribution in [0.5, 0.6) is 0 Å². The zero-order valence-electron chi connectivity index (χ0n) is 17.5. The predicted molar refractivity (Wildman–Crippen MR) is 102 cm³/mol. The van der Waals surface area contributed by atoms with E-state index < -0.39 is 37.7 Å². The van der Waals surface area contributed by atoms with Gasteiger partial charge in [0.2, 0.25) is 0 Å². The molecule has 1 aromatic rings. The Morgan fingerprint density at radius 3 is 1.42 bits per heavy atom. The van der Waals surface area contributed by atoms with Crippen LogP contribution in [0.3, 0.4) is 0 Å². The summed E-state index contributed by atoms with van der Waals surface area (Å²) < 4.78 is 95.5. The van der Waals surface area contributed by atoms with E-state index in [4.69, 9.17) is 21.9 Å². The second kappa shape index (κ2) is 16.2. The van der Waals surface area contributed by atoms with Gasteiger partial charge in [-0.1, -0.05) is 12.1 Å². The summed E-state index contributed by atoms with van der Waals surface area (Å²) >= 11 is 0. The molecule has 0 spiro atoms. The number of benzene rings is 1. The largest absolute Gasteiger partial charge is 0.415 e. The maximum absolute atomic E-state index is 12.5. The van der Waals surface area contributed by atoms with E-state index in [1.807, 2.05) is 0 Å². The number of nitrogens with two attached hydrogens (primary N) is 3. The van der Waals surface area contributed by atoms with E-state index in [0.29, 0.717) is 6.54 Å². The molecule has 0 heterocycles. The standard InChI is InChI=1S/C9H12FNO.C5H10F3NO.C4H8F3NO/c1-12-9(6-11)7-2-4-8(10)5-3-7;1-2-10-4(3-9)5(6,7)8;1-9-3(2-8)4(5,6)7/h2-5,9H,6,11H2,1H3;4H,2-3,9H2,1H3;3H,2,8H2,1H3/t9-;;/m0../s1. The summed E-state index contributed by atoms with van der Waals surface area (Å²) in [5, 5.41) is 0. The Balaban J connectivity index is 0. The van der Waals surface area contributed by atoms with E-state index in [1.165, 1.54) is 19.1 Å². The highest BCUT2D eigenvalue weighted by molar-refractivity contribution is 5.18. The molecule has 0 aliphatic rings. The molecule has 0 aromatic heterocycles. The van der Waals surface area contributed by atoms with Crippen molar-refractivity contribution < 1.29 is 44.9 Å². The van der Waals surface area contributed by atoms with Crippen LogP contribution >= 0.6 is 0 Å². The smallest absolute Gasteiger partial charge is 0.375 e. The molecule has 2 unspecified atom stereocenters. The molecule has 31 heavy (non-hydrogen) atoms. The number of alkyl halides is 6. The molecule has 0 radical (unpaired) electrons. The molecule has 0 saturated carbocycles. The van der Waals surface area contributed by atoms with Crippen molar-refractivity contribution in [2.45, 2.75) is 37.6 Å². The van der Waals surface area contributed by atoms with Crippen molar-refractivity contribution in [3.63, 3.8) is 0 Å². The number of rotatable bonds is 8. The summed E-state index contributed by atoms with van der Waals surface area (Å²) in [5.41, 5.74) is 15.9. The second-order valence-corrected chi connectivity index (χ2v) is 5.73. The van der Waals surface area contributed by atoms with Crippen molar-refractivity contribution in [2.24, 2.45) is 17.2 Å². The third-order valence-corrected chi connectivity index (χ3v) is 3.55. The van der Waals surface area contributed by atoms with Crippen molar-refractivity contribution >= 4 is 0 Å². The van der Waals surface area contributed by atoms with E-state index in [-0.39, 0.29) is 18.5 Å². The Kier molecular flexibility index (Phi) is 16.5. The van der Waals surface area contributed by atoms with Crippen LogP contribution < -0.4 is 17.2 Å². The van der Waals surface area contributed by atoms with Crippen LogP contribution in [-0.4, -0.2) is 65.0 Å². The van der Waals surface area contributed by atoms with Crippen LogP contribution in [-0.2, 0) is 14.2 Å². The van der Waals surface area contributed by atoms with Crippen molar-refractivity contribution in [3.8, 4) is 0 Å². The Bertz CT molecular complexity index is 550. The normalized spacial score (nSPS) is 14.5. The maximum atomic E-state index is 12.5.